The second-order valence-electron chi connectivity index (χ2n) is 5.49. The Balaban J connectivity index is 2.29. The lowest BCUT2D eigenvalue weighted by Gasteiger charge is -2.21. The molecule has 0 atom stereocenters. The Morgan fingerprint density at radius 2 is 1.68 bits per heavy atom. The minimum absolute atomic E-state index is 0.0621. The monoisotopic (exact) mass is 316 g/mol. The van der Waals surface area contributed by atoms with Gasteiger partial charge in [0.2, 0.25) is 0 Å². The highest BCUT2D eigenvalue weighted by Gasteiger charge is 2.35. The largest absolute Gasteiger partial charge is 0.488 e. The Morgan fingerprint density at radius 1 is 0.947 bits per heavy atom. The van der Waals surface area contributed by atoms with E-state index in [2.05, 4.69) is 41.9 Å². The summed E-state index contributed by atoms with van der Waals surface area (Å²) in [7, 11) is -1.42. The summed E-state index contributed by atoms with van der Waals surface area (Å²) in [5.41, 5.74) is 5.23. The molecule has 3 rings (SSSR count). The van der Waals surface area contributed by atoms with Gasteiger partial charge in [0.15, 0.2) is 0 Å². The van der Waals surface area contributed by atoms with Crippen molar-refractivity contribution in [3.05, 3.63) is 52.0 Å². The van der Waals surface area contributed by atoms with Crippen molar-refractivity contribution in [3.8, 4) is 11.1 Å². The van der Waals surface area contributed by atoms with Crippen LogP contribution in [0.3, 0.4) is 0 Å². The summed E-state index contributed by atoms with van der Waals surface area (Å²) in [6.07, 6.45) is 0. The molecule has 0 radical (unpaired) electrons. The van der Waals surface area contributed by atoms with Gasteiger partial charge in [-0.05, 0) is 39.8 Å². The molecule has 0 aliphatic heterocycles. The molecule has 96 valence electrons. The third-order valence-corrected chi connectivity index (χ3v) is 4.45. The maximum Gasteiger partial charge on any atom is 0.488 e. The number of hydrogen-bond acceptors (Lipinski definition) is 2. The van der Waals surface area contributed by atoms with Gasteiger partial charge in [-0.2, -0.15) is 0 Å². The lowest BCUT2D eigenvalue weighted by atomic mass is 9.77. The van der Waals surface area contributed by atoms with E-state index in [9.17, 15) is 10.0 Å². The fourth-order valence-electron chi connectivity index (χ4n) is 2.90. The first-order chi connectivity index (χ1) is 8.91. The van der Waals surface area contributed by atoms with Gasteiger partial charge in [0.05, 0.1) is 0 Å². The quantitative estimate of drug-likeness (QED) is 0.793. The highest BCUT2D eigenvalue weighted by molar-refractivity contribution is 9.10. The Morgan fingerprint density at radius 3 is 2.37 bits per heavy atom. The van der Waals surface area contributed by atoms with Gasteiger partial charge in [-0.1, -0.05) is 54.0 Å². The Labute approximate surface area is 121 Å². The first kappa shape index (κ1) is 12.9. The Hall–Kier alpha value is -1.10. The van der Waals surface area contributed by atoms with E-state index in [1.54, 1.807) is 6.07 Å². The predicted molar refractivity (Wildman–Crippen MR) is 81.5 cm³/mol. The Bertz CT molecular complexity index is 665. The summed E-state index contributed by atoms with van der Waals surface area (Å²) >= 11 is 3.52. The minimum Gasteiger partial charge on any atom is -0.423 e. The molecule has 1 aliphatic rings. The highest BCUT2D eigenvalue weighted by atomic mass is 79.9. The van der Waals surface area contributed by atoms with Crippen molar-refractivity contribution in [2.45, 2.75) is 19.3 Å². The second kappa shape index (κ2) is 4.20. The van der Waals surface area contributed by atoms with Crippen LogP contribution in [0.25, 0.3) is 11.1 Å². The molecule has 0 bridgehead atoms. The zero-order valence-electron chi connectivity index (χ0n) is 10.8. The van der Waals surface area contributed by atoms with Crippen LogP contribution in [0.4, 0.5) is 0 Å². The van der Waals surface area contributed by atoms with Crippen molar-refractivity contribution < 1.29 is 10.0 Å². The van der Waals surface area contributed by atoms with Crippen LogP contribution in [0.15, 0.2) is 40.9 Å². The SMILES string of the molecule is CC1(C)c2ccc(B(O)O)cc2-c2ccc(Br)cc21. The van der Waals surface area contributed by atoms with E-state index in [-0.39, 0.29) is 5.41 Å². The molecule has 0 spiro atoms. The molecule has 2 nitrogen and oxygen atoms in total. The summed E-state index contributed by atoms with van der Waals surface area (Å²) in [6, 6.07) is 11.9. The van der Waals surface area contributed by atoms with E-state index in [1.807, 2.05) is 18.2 Å². The summed E-state index contributed by atoms with van der Waals surface area (Å²) in [5, 5.41) is 18.7. The molecule has 4 heteroatoms. The van der Waals surface area contributed by atoms with Crippen LogP contribution in [0.2, 0.25) is 0 Å². The van der Waals surface area contributed by atoms with E-state index in [0.717, 1.165) is 10.0 Å². The zero-order valence-corrected chi connectivity index (χ0v) is 12.4. The second-order valence-corrected chi connectivity index (χ2v) is 6.41. The molecule has 0 heterocycles. The van der Waals surface area contributed by atoms with Crippen molar-refractivity contribution >= 4 is 28.5 Å². The minimum atomic E-state index is -1.42. The van der Waals surface area contributed by atoms with E-state index in [0.29, 0.717) is 5.46 Å². The summed E-state index contributed by atoms with van der Waals surface area (Å²) in [6.45, 7) is 4.39. The maximum atomic E-state index is 9.33. The lowest BCUT2D eigenvalue weighted by Crippen LogP contribution is -2.30. The van der Waals surface area contributed by atoms with E-state index in [4.69, 9.17) is 0 Å². The fourth-order valence-corrected chi connectivity index (χ4v) is 3.26. The number of hydrogen-bond donors (Lipinski definition) is 2. The van der Waals surface area contributed by atoms with Gasteiger partial charge in [0, 0.05) is 9.89 Å². The molecule has 0 amide bonds. The molecule has 2 N–H and O–H groups in total. The van der Waals surface area contributed by atoms with Gasteiger partial charge in [-0.15, -0.1) is 0 Å². The van der Waals surface area contributed by atoms with Crippen molar-refractivity contribution in [1.82, 2.24) is 0 Å². The topological polar surface area (TPSA) is 40.5 Å². The zero-order chi connectivity index (χ0) is 13.8. The first-order valence-electron chi connectivity index (χ1n) is 6.22. The van der Waals surface area contributed by atoms with Crippen LogP contribution in [-0.2, 0) is 5.41 Å². The smallest absolute Gasteiger partial charge is 0.423 e. The highest BCUT2D eigenvalue weighted by Crippen LogP contribution is 2.48. The first-order valence-corrected chi connectivity index (χ1v) is 7.01. The number of halogens is 1. The normalized spacial score (nSPS) is 15.0. The molecule has 19 heavy (non-hydrogen) atoms. The number of rotatable bonds is 1. The fraction of sp³-hybridized carbons (Fsp3) is 0.200. The van der Waals surface area contributed by atoms with E-state index in [1.165, 1.54) is 16.7 Å². The molecule has 0 fully saturated rings. The van der Waals surface area contributed by atoms with Crippen LogP contribution in [-0.4, -0.2) is 17.2 Å². The van der Waals surface area contributed by atoms with Crippen LogP contribution in [0, 0.1) is 0 Å². The molecule has 0 saturated carbocycles. The lowest BCUT2D eigenvalue weighted by molar-refractivity contribution is 0.426. The van der Waals surface area contributed by atoms with E-state index < -0.39 is 7.12 Å². The molecule has 0 aromatic heterocycles. The van der Waals surface area contributed by atoms with Crippen LogP contribution in [0.5, 0.6) is 0 Å². The molecule has 0 saturated heterocycles. The number of fused-ring (bicyclic) bond motifs is 3. The van der Waals surface area contributed by atoms with Gasteiger partial charge in [0.1, 0.15) is 0 Å². The molecule has 1 aliphatic carbocycles. The number of benzene rings is 2. The predicted octanol–water partition coefficient (Wildman–Crippen LogP) is 2.44. The molecule has 2 aromatic rings. The summed E-state index contributed by atoms with van der Waals surface area (Å²) in [4.78, 5) is 0. The maximum absolute atomic E-state index is 9.33. The van der Waals surface area contributed by atoms with Crippen LogP contribution in [0.1, 0.15) is 25.0 Å². The van der Waals surface area contributed by atoms with Gasteiger partial charge in [-0.3, -0.25) is 0 Å². The molecular weight excluding hydrogens is 303 g/mol. The van der Waals surface area contributed by atoms with Gasteiger partial charge in [0.25, 0.3) is 0 Å². The van der Waals surface area contributed by atoms with Crippen LogP contribution < -0.4 is 5.46 Å². The Kier molecular flexibility index (Phi) is 2.86. The molecular formula is C15H14BBrO2. The van der Waals surface area contributed by atoms with E-state index >= 15 is 0 Å². The summed E-state index contributed by atoms with van der Waals surface area (Å²) < 4.78 is 1.06. The van der Waals surface area contributed by atoms with Crippen molar-refractivity contribution in [1.29, 1.82) is 0 Å². The average Bonchev–Trinajstić information content (AvgIpc) is 2.58. The average molecular weight is 317 g/mol. The van der Waals surface area contributed by atoms with Gasteiger partial charge < -0.3 is 10.0 Å². The van der Waals surface area contributed by atoms with Crippen molar-refractivity contribution in [3.63, 3.8) is 0 Å². The third-order valence-electron chi connectivity index (χ3n) is 3.96. The summed E-state index contributed by atoms with van der Waals surface area (Å²) in [5.74, 6) is 0. The van der Waals surface area contributed by atoms with Gasteiger partial charge in [-0.25, -0.2) is 0 Å². The molecule has 2 aromatic carbocycles. The molecule has 0 unspecified atom stereocenters. The van der Waals surface area contributed by atoms with Crippen LogP contribution >= 0.6 is 15.9 Å². The third kappa shape index (κ3) is 1.86. The van der Waals surface area contributed by atoms with Gasteiger partial charge >= 0.3 is 7.12 Å². The van der Waals surface area contributed by atoms with Crippen molar-refractivity contribution in [2.24, 2.45) is 0 Å². The standard InChI is InChI=1S/C15H14BBrO2/c1-15(2)13-6-3-9(16(18)19)7-12(13)11-5-4-10(17)8-14(11)15/h3-8,18-19H,1-2H3. The van der Waals surface area contributed by atoms with Crippen molar-refractivity contribution in [2.75, 3.05) is 0 Å².